The number of amides is 1. The highest BCUT2D eigenvalue weighted by atomic mass is 16.5. The second-order valence-electron chi connectivity index (χ2n) is 4.69. The van der Waals surface area contributed by atoms with Crippen molar-refractivity contribution in [2.45, 2.75) is 25.3 Å². The molecule has 6 nitrogen and oxygen atoms in total. The Balaban J connectivity index is 2.03. The molecule has 106 valence electrons. The maximum Gasteiger partial charge on any atom is 0.248 e. The van der Waals surface area contributed by atoms with E-state index in [0.29, 0.717) is 19.8 Å². The van der Waals surface area contributed by atoms with E-state index in [2.05, 4.69) is 15.7 Å². The number of aromatic nitrogens is 2. The summed E-state index contributed by atoms with van der Waals surface area (Å²) in [4.78, 5) is 12.5. The Hall–Kier alpha value is -1.40. The number of rotatable bonds is 6. The van der Waals surface area contributed by atoms with Crippen molar-refractivity contribution in [2.75, 3.05) is 32.8 Å². The number of nitrogens with zero attached hydrogens (tertiary/aromatic N) is 2. The first-order chi connectivity index (χ1) is 9.29. The van der Waals surface area contributed by atoms with Crippen molar-refractivity contribution in [1.29, 1.82) is 0 Å². The van der Waals surface area contributed by atoms with Gasteiger partial charge in [-0.3, -0.25) is 9.48 Å². The standard InChI is InChI=1S/C13H22N4O2/c1-2-19-11-9-15-12(18)13(4-7-14-8-5-13)17-10-3-6-16-17/h3,6,10,14H,2,4-5,7-9,11H2,1H3,(H,15,18). The highest BCUT2D eigenvalue weighted by Crippen LogP contribution is 2.26. The fourth-order valence-corrected chi connectivity index (χ4v) is 2.47. The number of piperidine rings is 1. The predicted octanol–water partition coefficient (Wildman–Crippen LogP) is 0.115. The third kappa shape index (κ3) is 3.13. The molecule has 0 spiro atoms. The van der Waals surface area contributed by atoms with Gasteiger partial charge in [0, 0.05) is 25.5 Å². The molecule has 1 aliphatic rings. The highest BCUT2D eigenvalue weighted by molar-refractivity contribution is 5.84. The quantitative estimate of drug-likeness (QED) is 0.717. The van der Waals surface area contributed by atoms with E-state index in [0.717, 1.165) is 25.9 Å². The first kappa shape index (κ1) is 14.0. The van der Waals surface area contributed by atoms with Gasteiger partial charge in [0.2, 0.25) is 5.91 Å². The molecule has 0 aromatic carbocycles. The van der Waals surface area contributed by atoms with Gasteiger partial charge in [-0.1, -0.05) is 0 Å². The second-order valence-corrected chi connectivity index (χ2v) is 4.69. The molecule has 1 amide bonds. The summed E-state index contributed by atoms with van der Waals surface area (Å²) in [5, 5.41) is 10.5. The zero-order valence-corrected chi connectivity index (χ0v) is 11.4. The van der Waals surface area contributed by atoms with Gasteiger partial charge in [-0.2, -0.15) is 5.10 Å². The van der Waals surface area contributed by atoms with Crippen LogP contribution in [0, 0.1) is 0 Å². The van der Waals surface area contributed by atoms with Crippen LogP contribution in [-0.4, -0.2) is 48.5 Å². The van der Waals surface area contributed by atoms with E-state index < -0.39 is 5.54 Å². The fourth-order valence-electron chi connectivity index (χ4n) is 2.47. The number of ether oxygens (including phenoxy) is 1. The van der Waals surface area contributed by atoms with Gasteiger partial charge in [0.05, 0.1) is 6.61 Å². The summed E-state index contributed by atoms with van der Waals surface area (Å²) in [7, 11) is 0. The van der Waals surface area contributed by atoms with Gasteiger partial charge in [0.1, 0.15) is 5.54 Å². The first-order valence-corrected chi connectivity index (χ1v) is 6.86. The molecule has 1 aliphatic heterocycles. The van der Waals surface area contributed by atoms with Gasteiger partial charge >= 0.3 is 0 Å². The first-order valence-electron chi connectivity index (χ1n) is 6.86. The van der Waals surface area contributed by atoms with E-state index in [1.54, 1.807) is 10.9 Å². The number of nitrogens with one attached hydrogen (secondary N) is 2. The average molecular weight is 266 g/mol. The van der Waals surface area contributed by atoms with Crippen molar-refractivity contribution in [3.8, 4) is 0 Å². The summed E-state index contributed by atoms with van der Waals surface area (Å²) in [6, 6.07) is 1.86. The van der Waals surface area contributed by atoms with Crippen LogP contribution in [0.5, 0.6) is 0 Å². The van der Waals surface area contributed by atoms with Crippen LogP contribution in [0.25, 0.3) is 0 Å². The number of hydrogen-bond donors (Lipinski definition) is 2. The third-order valence-corrected chi connectivity index (χ3v) is 3.53. The van der Waals surface area contributed by atoms with E-state index in [1.165, 1.54) is 0 Å². The van der Waals surface area contributed by atoms with Crippen LogP contribution in [0.1, 0.15) is 19.8 Å². The zero-order chi connectivity index (χ0) is 13.6. The lowest BCUT2D eigenvalue weighted by Crippen LogP contribution is -2.55. The molecule has 0 atom stereocenters. The van der Waals surface area contributed by atoms with Gasteiger partial charge in [0.15, 0.2) is 0 Å². The monoisotopic (exact) mass is 266 g/mol. The van der Waals surface area contributed by atoms with Gasteiger partial charge in [0.25, 0.3) is 0 Å². The lowest BCUT2D eigenvalue weighted by atomic mass is 9.87. The molecule has 2 N–H and O–H groups in total. The van der Waals surface area contributed by atoms with Gasteiger partial charge in [-0.05, 0) is 38.9 Å². The minimum Gasteiger partial charge on any atom is -0.380 e. The van der Waals surface area contributed by atoms with E-state index >= 15 is 0 Å². The van der Waals surface area contributed by atoms with E-state index in [4.69, 9.17) is 4.74 Å². The largest absolute Gasteiger partial charge is 0.380 e. The minimum atomic E-state index is -0.555. The van der Waals surface area contributed by atoms with E-state index in [-0.39, 0.29) is 5.91 Å². The number of carbonyl (C=O) groups is 1. The Labute approximate surface area is 113 Å². The molecular weight excluding hydrogens is 244 g/mol. The summed E-state index contributed by atoms with van der Waals surface area (Å²) in [6.45, 7) is 5.38. The zero-order valence-electron chi connectivity index (χ0n) is 11.4. The molecule has 2 rings (SSSR count). The van der Waals surface area contributed by atoms with Crippen LogP contribution >= 0.6 is 0 Å². The van der Waals surface area contributed by atoms with Gasteiger partial charge in [-0.15, -0.1) is 0 Å². The Morgan fingerprint density at radius 3 is 2.95 bits per heavy atom. The van der Waals surface area contributed by atoms with Crippen molar-refractivity contribution in [1.82, 2.24) is 20.4 Å². The molecule has 0 unspecified atom stereocenters. The van der Waals surface area contributed by atoms with Crippen LogP contribution in [0.15, 0.2) is 18.5 Å². The summed E-state index contributed by atoms with van der Waals surface area (Å²) >= 11 is 0. The maximum absolute atomic E-state index is 12.5. The van der Waals surface area contributed by atoms with E-state index in [9.17, 15) is 4.79 Å². The summed E-state index contributed by atoms with van der Waals surface area (Å²) in [5.74, 6) is 0.0393. The van der Waals surface area contributed by atoms with Crippen LogP contribution in [0.4, 0.5) is 0 Å². The van der Waals surface area contributed by atoms with Crippen LogP contribution in [0.3, 0.4) is 0 Å². The molecule has 1 aromatic rings. The molecule has 2 heterocycles. The molecule has 6 heteroatoms. The molecule has 0 radical (unpaired) electrons. The van der Waals surface area contributed by atoms with Crippen LogP contribution in [-0.2, 0) is 15.1 Å². The maximum atomic E-state index is 12.5. The Morgan fingerprint density at radius 2 is 2.32 bits per heavy atom. The van der Waals surface area contributed by atoms with Crippen molar-refractivity contribution < 1.29 is 9.53 Å². The molecular formula is C13H22N4O2. The topological polar surface area (TPSA) is 68.2 Å². The molecule has 19 heavy (non-hydrogen) atoms. The summed E-state index contributed by atoms with van der Waals surface area (Å²) in [5.41, 5.74) is -0.555. The van der Waals surface area contributed by atoms with E-state index in [1.807, 2.05) is 19.2 Å². The Kier molecular flexibility index (Phi) is 4.93. The highest BCUT2D eigenvalue weighted by Gasteiger charge is 2.41. The van der Waals surface area contributed by atoms with Crippen LogP contribution in [0.2, 0.25) is 0 Å². The lowest BCUT2D eigenvalue weighted by molar-refractivity contribution is -0.132. The molecule has 0 aliphatic carbocycles. The summed E-state index contributed by atoms with van der Waals surface area (Å²) in [6.07, 6.45) is 5.11. The lowest BCUT2D eigenvalue weighted by Gasteiger charge is -2.36. The molecule has 1 saturated heterocycles. The minimum absolute atomic E-state index is 0.0393. The second kappa shape index (κ2) is 6.68. The SMILES string of the molecule is CCOCCNC(=O)C1(n2cccn2)CCNCC1. The van der Waals surface area contributed by atoms with Crippen molar-refractivity contribution in [2.24, 2.45) is 0 Å². The number of hydrogen-bond acceptors (Lipinski definition) is 4. The van der Waals surface area contributed by atoms with Crippen LogP contribution < -0.4 is 10.6 Å². The van der Waals surface area contributed by atoms with Gasteiger partial charge in [-0.25, -0.2) is 0 Å². The Morgan fingerprint density at radius 1 is 1.53 bits per heavy atom. The van der Waals surface area contributed by atoms with Crippen molar-refractivity contribution in [3.63, 3.8) is 0 Å². The molecule has 1 aromatic heterocycles. The third-order valence-electron chi connectivity index (χ3n) is 3.53. The average Bonchev–Trinajstić information content (AvgIpc) is 2.99. The fraction of sp³-hybridized carbons (Fsp3) is 0.692. The number of carbonyl (C=O) groups excluding carboxylic acids is 1. The molecule has 0 saturated carbocycles. The van der Waals surface area contributed by atoms with Crippen molar-refractivity contribution in [3.05, 3.63) is 18.5 Å². The van der Waals surface area contributed by atoms with Gasteiger partial charge < -0.3 is 15.4 Å². The normalized spacial score (nSPS) is 18.2. The Bertz CT molecular complexity index is 385. The molecule has 0 bridgehead atoms. The predicted molar refractivity (Wildman–Crippen MR) is 71.8 cm³/mol. The summed E-state index contributed by atoms with van der Waals surface area (Å²) < 4.78 is 7.04. The molecule has 1 fully saturated rings. The smallest absolute Gasteiger partial charge is 0.248 e. The van der Waals surface area contributed by atoms with Crippen molar-refractivity contribution >= 4 is 5.91 Å².